The zero-order valence-electron chi connectivity index (χ0n) is 9.34. The summed E-state index contributed by atoms with van der Waals surface area (Å²) < 4.78 is 0. The van der Waals surface area contributed by atoms with E-state index < -0.39 is 0 Å². The van der Waals surface area contributed by atoms with Gasteiger partial charge in [-0.3, -0.25) is 4.79 Å². The standard InChI is InChI=1S/C12H20ClNO/c1-8-5-9(6-8)12(15)14-11-4-2-3-10(13)7-11/h8-11H,2-7H2,1H3,(H,14,15). The lowest BCUT2D eigenvalue weighted by Crippen LogP contribution is -2.44. The van der Waals surface area contributed by atoms with Gasteiger partial charge in [0.05, 0.1) is 0 Å². The summed E-state index contributed by atoms with van der Waals surface area (Å²) in [6.45, 7) is 2.21. The van der Waals surface area contributed by atoms with Crippen molar-refractivity contribution in [2.24, 2.45) is 11.8 Å². The van der Waals surface area contributed by atoms with Crippen molar-refractivity contribution in [2.75, 3.05) is 0 Å². The summed E-state index contributed by atoms with van der Waals surface area (Å²) in [5, 5.41) is 3.42. The lowest BCUT2D eigenvalue weighted by molar-refractivity contribution is -0.129. The average molecular weight is 230 g/mol. The van der Waals surface area contributed by atoms with Gasteiger partial charge in [-0.15, -0.1) is 11.6 Å². The van der Waals surface area contributed by atoms with Crippen LogP contribution in [0.4, 0.5) is 0 Å². The third-order valence-electron chi connectivity index (χ3n) is 3.70. The average Bonchev–Trinajstić information content (AvgIpc) is 2.13. The topological polar surface area (TPSA) is 29.1 Å². The number of nitrogens with one attached hydrogen (secondary N) is 1. The first kappa shape index (κ1) is 11.3. The van der Waals surface area contributed by atoms with Gasteiger partial charge >= 0.3 is 0 Å². The van der Waals surface area contributed by atoms with E-state index in [-0.39, 0.29) is 17.2 Å². The smallest absolute Gasteiger partial charge is 0.223 e. The Balaban J connectivity index is 1.73. The monoisotopic (exact) mass is 229 g/mol. The fourth-order valence-electron chi connectivity index (χ4n) is 2.70. The Morgan fingerprint density at radius 2 is 2.00 bits per heavy atom. The maximum atomic E-state index is 11.8. The second kappa shape index (κ2) is 4.73. The molecule has 0 aromatic rings. The Bertz CT molecular complexity index is 238. The quantitative estimate of drug-likeness (QED) is 0.725. The molecule has 15 heavy (non-hydrogen) atoms. The molecule has 0 heterocycles. The lowest BCUT2D eigenvalue weighted by atomic mass is 9.75. The summed E-state index contributed by atoms with van der Waals surface area (Å²) in [6, 6.07) is 0.338. The predicted octanol–water partition coefficient (Wildman–Crippen LogP) is 2.70. The summed E-state index contributed by atoms with van der Waals surface area (Å²) >= 11 is 6.09. The number of alkyl halides is 1. The largest absolute Gasteiger partial charge is 0.353 e. The molecule has 0 aliphatic heterocycles. The summed E-state index contributed by atoms with van der Waals surface area (Å²) in [5.74, 6) is 1.30. The van der Waals surface area contributed by atoms with Gasteiger partial charge in [0.25, 0.3) is 0 Å². The number of carbonyl (C=O) groups excluding carboxylic acids is 1. The first-order valence-electron chi connectivity index (χ1n) is 6.09. The fourth-order valence-corrected chi connectivity index (χ4v) is 3.07. The highest BCUT2D eigenvalue weighted by Crippen LogP contribution is 2.33. The van der Waals surface area contributed by atoms with E-state index in [1.54, 1.807) is 0 Å². The van der Waals surface area contributed by atoms with E-state index in [1.807, 2.05) is 0 Å². The highest BCUT2D eigenvalue weighted by molar-refractivity contribution is 6.20. The number of hydrogen-bond donors (Lipinski definition) is 1. The van der Waals surface area contributed by atoms with E-state index in [0.717, 1.165) is 44.4 Å². The van der Waals surface area contributed by atoms with Crippen molar-refractivity contribution in [3.8, 4) is 0 Å². The van der Waals surface area contributed by atoms with Crippen LogP contribution < -0.4 is 5.32 Å². The molecule has 1 amide bonds. The molecule has 0 bridgehead atoms. The Morgan fingerprint density at radius 3 is 2.60 bits per heavy atom. The van der Waals surface area contributed by atoms with Crippen molar-refractivity contribution < 1.29 is 4.79 Å². The van der Waals surface area contributed by atoms with E-state index in [4.69, 9.17) is 11.6 Å². The molecule has 2 aliphatic carbocycles. The fraction of sp³-hybridized carbons (Fsp3) is 0.917. The molecular formula is C12H20ClNO. The van der Waals surface area contributed by atoms with Gasteiger partial charge in [-0.05, 0) is 44.4 Å². The minimum absolute atomic E-state index is 0.267. The third kappa shape index (κ3) is 2.87. The number of amides is 1. The molecule has 1 N–H and O–H groups in total. The molecule has 2 unspecified atom stereocenters. The number of rotatable bonds is 2. The van der Waals surface area contributed by atoms with Crippen LogP contribution in [-0.4, -0.2) is 17.3 Å². The van der Waals surface area contributed by atoms with Crippen LogP contribution >= 0.6 is 11.6 Å². The molecule has 3 heteroatoms. The first-order chi connectivity index (χ1) is 7.15. The maximum absolute atomic E-state index is 11.8. The van der Waals surface area contributed by atoms with E-state index in [0.29, 0.717) is 6.04 Å². The van der Waals surface area contributed by atoms with Crippen molar-refractivity contribution in [3.05, 3.63) is 0 Å². The van der Waals surface area contributed by atoms with E-state index >= 15 is 0 Å². The van der Waals surface area contributed by atoms with Crippen molar-refractivity contribution in [1.82, 2.24) is 5.32 Å². The molecule has 0 aromatic heterocycles. The summed E-state index contributed by atoms with van der Waals surface area (Å²) in [4.78, 5) is 11.8. The van der Waals surface area contributed by atoms with Crippen LogP contribution in [0.3, 0.4) is 0 Å². The molecule has 0 aromatic carbocycles. The molecule has 0 radical (unpaired) electrons. The molecule has 2 atom stereocenters. The van der Waals surface area contributed by atoms with Gasteiger partial charge in [0.1, 0.15) is 0 Å². The predicted molar refractivity (Wildman–Crippen MR) is 61.9 cm³/mol. The Kier molecular flexibility index (Phi) is 3.55. The SMILES string of the molecule is CC1CC(C(=O)NC2CCCC(Cl)C2)C1. The number of hydrogen-bond acceptors (Lipinski definition) is 1. The zero-order chi connectivity index (χ0) is 10.8. The molecule has 0 saturated heterocycles. The number of halogens is 1. The number of carbonyl (C=O) groups is 1. The van der Waals surface area contributed by atoms with Gasteiger partial charge in [0, 0.05) is 17.3 Å². The van der Waals surface area contributed by atoms with Crippen LogP contribution in [0.15, 0.2) is 0 Å². The Labute approximate surface area is 96.8 Å². The summed E-state index contributed by atoms with van der Waals surface area (Å²) in [7, 11) is 0. The van der Waals surface area contributed by atoms with Gasteiger partial charge < -0.3 is 5.32 Å². The van der Waals surface area contributed by atoms with Crippen LogP contribution in [0.5, 0.6) is 0 Å². The second-order valence-electron chi connectivity index (χ2n) is 5.24. The molecule has 0 spiro atoms. The van der Waals surface area contributed by atoms with Crippen molar-refractivity contribution in [2.45, 2.75) is 56.9 Å². The lowest BCUT2D eigenvalue weighted by Gasteiger charge is -2.34. The normalized spacial score (nSPS) is 40.7. The van der Waals surface area contributed by atoms with Gasteiger partial charge in [0.2, 0.25) is 5.91 Å². The highest BCUT2D eigenvalue weighted by atomic mass is 35.5. The van der Waals surface area contributed by atoms with Gasteiger partial charge in [-0.25, -0.2) is 0 Å². The molecule has 86 valence electrons. The van der Waals surface area contributed by atoms with Crippen LogP contribution in [0.2, 0.25) is 0 Å². The van der Waals surface area contributed by atoms with E-state index in [2.05, 4.69) is 12.2 Å². The molecule has 2 fully saturated rings. The minimum atomic E-state index is 0.267. The van der Waals surface area contributed by atoms with Gasteiger partial charge in [-0.2, -0.15) is 0 Å². The Morgan fingerprint density at radius 1 is 1.27 bits per heavy atom. The van der Waals surface area contributed by atoms with Crippen molar-refractivity contribution in [1.29, 1.82) is 0 Å². The molecular weight excluding hydrogens is 210 g/mol. The molecule has 2 aliphatic rings. The summed E-state index contributed by atoms with van der Waals surface area (Å²) in [6.07, 6.45) is 6.47. The van der Waals surface area contributed by atoms with Crippen molar-refractivity contribution in [3.63, 3.8) is 0 Å². The Hall–Kier alpha value is -0.240. The molecule has 2 nitrogen and oxygen atoms in total. The van der Waals surface area contributed by atoms with Crippen LogP contribution in [0, 0.1) is 11.8 Å². The maximum Gasteiger partial charge on any atom is 0.223 e. The summed E-state index contributed by atoms with van der Waals surface area (Å²) in [5.41, 5.74) is 0. The van der Waals surface area contributed by atoms with Gasteiger partial charge in [0.15, 0.2) is 0 Å². The van der Waals surface area contributed by atoms with E-state index in [9.17, 15) is 4.79 Å². The van der Waals surface area contributed by atoms with Gasteiger partial charge in [-0.1, -0.05) is 6.92 Å². The van der Waals surface area contributed by atoms with Crippen LogP contribution in [0.25, 0.3) is 0 Å². The van der Waals surface area contributed by atoms with Crippen LogP contribution in [0.1, 0.15) is 45.4 Å². The molecule has 2 saturated carbocycles. The highest BCUT2D eigenvalue weighted by Gasteiger charge is 2.33. The third-order valence-corrected chi connectivity index (χ3v) is 4.10. The zero-order valence-corrected chi connectivity index (χ0v) is 10.1. The first-order valence-corrected chi connectivity index (χ1v) is 6.53. The van der Waals surface area contributed by atoms with Crippen LogP contribution in [-0.2, 0) is 4.79 Å². The van der Waals surface area contributed by atoms with Crippen molar-refractivity contribution >= 4 is 17.5 Å². The second-order valence-corrected chi connectivity index (χ2v) is 5.86. The minimum Gasteiger partial charge on any atom is -0.353 e. The molecule has 2 rings (SSSR count). The van der Waals surface area contributed by atoms with E-state index in [1.165, 1.54) is 0 Å².